The molecule has 0 heterocycles. The van der Waals surface area contributed by atoms with Crippen molar-refractivity contribution >= 4 is 0 Å². The van der Waals surface area contributed by atoms with Crippen LogP contribution in [-0.2, 0) is 5.54 Å². The van der Waals surface area contributed by atoms with Gasteiger partial charge in [-0.1, -0.05) is 0 Å². The number of nitrogens with two attached hydrogens (primary N) is 1. The summed E-state index contributed by atoms with van der Waals surface area (Å²) in [5.74, 6) is 0.859. The van der Waals surface area contributed by atoms with E-state index in [1.54, 1.807) is 6.92 Å². The van der Waals surface area contributed by atoms with Crippen LogP contribution in [0.3, 0.4) is 0 Å². The third-order valence-electron chi connectivity index (χ3n) is 2.61. The second-order valence-corrected chi connectivity index (χ2v) is 4.18. The number of nitriles is 1. The molecule has 0 fully saturated rings. The molecule has 0 aliphatic carbocycles. The van der Waals surface area contributed by atoms with E-state index in [-0.39, 0.29) is 0 Å². The summed E-state index contributed by atoms with van der Waals surface area (Å²) in [5, 5.41) is 9.03. The largest absolute Gasteiger partial charge is 0.494 e. The molecule has 3 nitrogen and oxygen atoms in total. The van der Waals surface area contributed by atoms with Crippen molar-refractivity contribution in [3.63, 3.8) is 0 Å². The summed E-state index contributed by atoms with van der Waals surface area (Å²) in [6.45, 7) is 8.21. The van der Waals surface area contributed by atoms with Gasteiger partial charge in [-0.3, -0.25) is 0 Å². The molecule has 0 aliphatic rings. The van der Waals surface area contributed by atoms with Crippen LogP contribution in [-0.4, -0.2) is 6.61 Å². The summed E-state index contributed by atoms with van der Waals surface area (Å²) in [5.41, 5.74) is 7.84. The van der Waals surface area contributed by atoms with Crippen LogP contribution in [0.2, 0.25) is 0 Å². The van der Waals surface area contributed by atoms with Gasteiger partial charge < -0.3 is 10.5 Å². The Bertz CT molecular complexity index is 430. The minimum absolute atomic E-state index is 0.637. The summed E-state index contributed by atoms with van der Waals surface area (Å²) in [7, 11) is 0. The molecule has 16 heavy (non-hydrogen) atoms. The Morgan fingerprint density at radius 1 is 1.38 bits per heavy atom. The van der Waals surface area contributed by atoms with E-state index in [0.29, 0.717) is 6.61 Å². The van der Waals surface area contributed by atoms with E-state index in [2.05, 4.69) is 6.07 Å². The second kappa shape index (κ2) is 4.54. The highest BCUT2D eigenvalue weighted by atomic mass is 16.5. The van der Waals surface area contributed by atoms with Gasteiger partial charge in [-0.2, -0.15) is 5.26 Å². The van der Waals surface area contributed by atoms with E-state index in [0.717, 1.165) is 22.4 Å². The summed E-state index contributed by atoms with van der Waals surface area (Å²) in [4.78, 5) is 0. The van der Waals surface area contributed by atoms with E-state index < -0.39 is 5.54 Å². The standard InChI is InChI=1S/C13H18N2O/c1-5-16-12-7-9(2)11(6-10(12)3)13(4,15)8-14/h6-7H,5,15H2,1-4H3. The average Bonchev–Trinajstić information content (AvgIpc) is 2.23. The molecule has 0 spiro atoms. The fourth-order valence-corrected chi connectivity index (χ4v) is 1.72. The molecule has 0 bridgehead atoms. The van der Waals surface area contributed by atoms with Gasteiger partial charge in [-0.05, 0) is 56.5 Å². The van der Waals surface area contributed by atoms with Crippen LogP contribution in [0.25, 0.3) is 0 Å². The molecule has 1 rings (SSSR count). The van der Waals surface area contributed by atoms with Gasteiger partial charge in [0, 0.05) is 0 Å². The van der Waals surface area contributed by atoms with Crippen LogP contribution in [0.1, 0.15) is 30.5 Å². The van der Waals surface area contributed by atoms with Gasteiger partial charge in [0.1, 0.15) is 11.3 Å². The molecular weight excluding hydrogens is 200 g/mol. The maximum atomic E-state index is 9.03. The molecule has 0 amide bonds. The molecule has 3 heteroatoms. The molecule has 2 N–H and O–H groups in total. The van der Waals surface area contributed by atoms with Crippen LogP contribution >= 0.6 is 0 Å². The van der Waals surface area contributed by atoms with Crippen molar-refractivity contribution < 1.29 is 4.74 Å². The predicted octanol–water partition coefficient (Wildman–Crippen LogP) is 2.40. The van der Waals surface area contributed by atoms with Crippen molar-refractivity contribution in [1.29, 1.82) is 5.26 Å². The molecule has 1 aromatic carbocycles. The van der Waals surface area contributed by atoms with E-state index in [4.69, 9.17) is 15.7 Å². The number of benzene rings is 1. The lowest BCUT2D eigenvalue weighted by atomic mass is 9.89. The Morgan fingerprint density at radius 2 is 2.00 bits per heavy atom. The van der Waals surface area contributed by atoms with Gasteiger partial charge in [0.25, 0.3) is 0 Å². The Kier molecular flexibility index (Phi) is 3.56. The summed E-state index contributed by atoms with van der Waals surface area (Å²) in [6.07, 6.45) is 0. The Hall–Kier alpha value is -1.53. The fourth-order valence-electron chi connectivity index (χ4n) is 1.72. The smallest absolute Gasteiger partial charge is 0.127 e. The van der Waals surface area contributed by atoms with E-state index in [9.17, 15) is 0 Å². The zero-order valence-electron chi connectivity index (χ0n) is 10.3. The van der Waals surface area contributed by atoms with Crippen LogP contribution < -0.4 is 10.5 Å². The van der Waals surface area contributed by atoms with Gasteiger partial charge in [-0.25, -0.2) is 0 Å². The molecule has 0 aromatic heterocycles. The zero-order valence-corrected chi connectivity index (χ0v) is 10.3. The van der Waals surface area contributed by atoms with Crippen molar-refractivity contribution in [2.24, 2.45) is 5.73 Å². The molecule has 0 saturated heterocycles. The molecular formula is C13H18N2O. The minimum Gasteiger partial charge on any atom is -0.494 e. The van der Waals surface area contributed by atoms with Crippen LogP contribution in [0, 0.1) is 25.2 Å². The monoisotopic (exact) mass is 218 g/mol. The minimum atomic E-state index is -0.945. The molecule has 1 unspecified atom stereocenters. The van der Waals surface area contributed by atoms with E-state index in [1.165, 1.54) is 0 Å². The highest BCUT2D eigenvalue weighted by Crippen LogP contribution is 2.28. The number of hydrogen-bond donors (Lipinski definition) is 1. The molecule has 1 aromatic rings. The Morgan fingerprint density at radius 3 is 2.50 bits per heavy atom. The SMILES string of the molecule is CCOc1cc(C)c(C(C)(N)C#N)cc1C. The lowest BCUT2D eigenvalue weighted by molar-refractivity contribution is 0.337. The number of aryl methyl sites for hydroxylation is 2. The van der Waals surface area contributed by atoms with Crippen molar-refractivity contribution in [1.82, 2.24) is 0 Å². The summed E-state index contributed by atoms with van der Waals surface area (Å²) in [6, 6.07) is 5.99. The number of rotatable bonds is 3. The van der Waals surface area contributed by atoms with Gasteiger partial charge in [0.2, 0.25) is 0 Å². The second-order valence-electron chi connectivity index (χ2n) is 4.18. The normalized spacial score (nSPS) is 14.0. The van der Waals surface area contributed by atoms with Crippen molar-refractivity contribution in [3.8, 4) is 11.8 Å². The molecule has 1 atom stereocenters. The van der Waals surface area contributed by atoms with Gasteiger partial charge in [-0.15, -0.1) is 0 Å². The maximum absolute atomic E-state index is 9.03. The summed E-state index contributed by atoms with van der Waals surface area (Å²) >= 11 is 0. The van der Waals surface area contributed by atoms with Crippen molar-refractivity contribution in [2.75, 3.05) is 6.61 Å². The number of nitrogens with zero attached hydrogens (tertiary/aromatic N) is 1. The Balaban J connectivity index is 3.27. The quantitative estimate of drug-likeness (QED) is 0.847. The first-order valence-corrected chi connectivity index (χ1v) is 5.37. The highest BCUT2D eigenvalue weighted by molar-refractivity contribution is 5.46. The molecule has 0 aliphatic heterocycles. The summed E-state index contributed by atoms with van der Waals surface area (Å²) < 4.78 is 5.50. The molecule has 86 valence electrons. The first kappa shape index (κ1) is 12.5. The van der Waals surface area contributed by atoms with Crippen molar-refractivity contribution in [2.45, 2.75) is 33.2 Å². The van der Waals surface area contributed by atoms with Crippen LogP contribution in [0.15, 0.2) is 12.1 Å². The predicted molar refractivity (Wildman–Crippen MR) is 64.2 cm³/mol. The topological polar surface area (TPSA) is 59.0 Å². The highest BCUT2D eigenvalue weighted by Gasteiger charge is 2.23. The van der Waals surface area contributed by atoms with Gasteiger partial charge in [0.15, 0.2) is 0 Å². The lowest BCUT2D eigenvalue weighted by Gasteiger charge is -2.20. The zero-order chi connectivity index (χ0) is 12.3. The third kappa shape index (κ3) is 2.34. The lowest BCUT2D eigenvalue weighted by Crippen LogP contribution is -2.31. The molecule has 0 saturated carbocycles. The third-order valence-corrected chi connectivity index (χ3v) is 2.61. The van der Waals surface area contributed by atoms with Gasteiger partial charge in [0.05, 0.1) is 12.7 Å². The van der Waals surface area contributed by atoms with Crippen LogP contribution in [0.4, 0.5) is 0 Å². The average molecular weight is 218 g/mol. The van der Waals surface area contributed by atoms with Crippen molar-refractivity contribution in [3.05, 3.63) is 28.8 Å². The van der Waals surface area contributed by atoms with Crippen LogP contribution in [0.5, 0.6) is 5.75 Å². The fraction of sp³-hybridized carbons (Fsp3) is 0.462. The first-order valence-electron chi connectivity index (χ1n) is 5.37. The number of ether oxygens (including phenoxy) is 1. The van der Waals surface area contributed by atoms with Gasteiger partial charge >= 0.3 is 0 Å². The number of hydrogen-bond acceptors (Lipinski definition) is 3. The first-order chi connectivity index (χ1) is 7.42. The molecule has 0 radical (unpaired) electrons. The Labute approximate surface area is 96.8 Å². The maximum Gasteiger partial charge on any atom is 0.127 e. The van der Waals surface area contributed by atoms with E-state index in [1.807, 2.05) is 32.9 Å². The van der Waals surface area contributed by atoms with E-state index >= 15 is 0 Å².